The summed E-state index contributed by atoms with van der Waals surface area (Å²) in [5, 5.41) is 10.1. The van der Waals surface area contributed by atoms with E-state index < -0.39 is 0 Å². The van der Waals surface area contributed by atoms with Crippen molar-refractivity contribution < 1.29 is 0 Å². The highest BCUT2D eigenvalue weighted by Gasteiger charge is 1.57. The molecule has 0 fully saturated rings. The summed E-state index contributed by atoms with van der Waals surface area (Å²) in [5.74, 6) is 0. The number of hydrogen-bond acceptors (Lipinski definition) is 2. The Kier molecular flexibility index (Phi) is 18.1. The first kappa shape index (κ1) is 13.3. The highest BCUT2D eigenvalue weighted by Crippen LogP contribution is 1.79. The van der Waals surface area contributed by atoms with Crippen molar-refractivity contribution in [2.75, 3.05) is 14.1 Å². The number of nitrogens with one attached hydrogen (secondary N) is 1. The molecule has 0 spiro atoms. The van der Waals surface area contributed by atoms with Gasteiger partial charge in [0.25, 0.3) is 0 Å². The first-order valence-corrected chi connectivity index (χ1v) is 3.72. The van der Waals surface area contributed by atoms with E-state index in [-0.39, 0.29) is 0 Å². The molecule has 12 heavy (non-hydrogen) atoms. The van der Waals surface area contributed by atoms with Gasteiger partial charge >= 0.3 is 0 Å². The molecular formula is C10H16N2. The predicted octanol–water partition coefficient (Wildman–Crippen LogP) is 2.05. The van der Waals surface area contributed by atoms with Gasteiger partial charge in [-0.25, -0.2) is 0 Å². The standard InChI is InChI=1S/C6H6.C2H7N.C2H3N/c1-2-4-6-5-3-1;1-3-2;1-2-3/h1-6H;3H,1-2H3;1H3. The first-order chi connectivity index (χ1) is 5.83. The fraction of sp³-hybridized carbons (Fsp3) is 0.300. The minimum Gasteiger partial charge on any atom is -0.323 e. The summed E-state index contributed by atoms with van der Waals surface area (Å²) in [6, 6.07) is 13.8. The van der Waals surface area contributed by atoms with Gasteiger partial charge < -0.3 is 5.32 Å². The molecule has 2 heteroatoms. The SMILES string of the molecule is CC#N.CNC.c1ccccc1. The topological polar surface area (TPSA) is 35.8 Å². The summed E-state index contributed by atoms with van der Waals surface area (Å²) >= 11 is 0. The molecule has 66 valence electrons. The Morgan fingerprint density at radius 2 is 1.00 bits per heavy atom. The lowest BCUT2D eigenvalue weighted by molar-refractivity contribution is 1.02. The van der Waals surface area contributed by atoms with Crippen molar-refractivity contribution in [2.24, 2.45) is 0 Å². The quantitative estimate of drug-likeness (QED) is 0.637. The van der Waals surface area contributed by atoms with E-state index in [1.165, 1.54) is 6.92 Å². The van der Waals surface area contributed by atoms with Crippen molar-refractivity contribution in [3.05, 3.63) is 36.4 Å². The summed E-state index contributed by atoms with van der Waals surface area (Å²) < 4.78 is 0. The van der Waals surface area contributed by atoms with Crippen LogP contribution in [0.5, 0.6) is 0 Å². The lowest BCUT2D eigenvalue weighted by Gasteiger charge is -1.69. The smallest absolute Gasteiger partial charge is 0.0587 e. The van der Waals surface area contributed by atoms with Crippen LogP contribution < -0.4 is 5.32 Å². The number of nitriles is 1. The van der Waals surface area contributed by atoms with E-state index in [2.05, 4.69) is 5.32 Å². The average Bonchev–Trinajstić information content (AvgIpc) is 2.10. The predicted molar refractivity (Wildman–Crippen MR) is 52.7 cm³/mol. The molecule has 2 nitrogen and oxygen atoms in total. The Bertz CT molecular complexity index is 150. The van der Waals surface area contributed by atoms with E-state index in [1.54, 1.807) is 6.07 Å². The van der Waals surface area contributed by atoms with Crippen molar-refractivity contribution >= 4 is 0 Å². The third-order valence-electron chi connectivity index (χ3n) is 0.667. The number of hydrogen-bond donors (Lipinski definition) is 1. The number of benzene rings is 1. The highest BCUT2D eigenvalue weighted by molar-refractivity contribution is 4.99. The van der Waals surface area contributed by atoms with Gasteiger partial charge in [-0.15, -0.1) is 0 Å². The van der Waals surface area contributed by atoms with E-state index >= 15 is 0 Å². The maximum absolute atomic E-state index is 7.32. The van der Waals surface area contributed by atoms with Crippen LogP contribution in [0.15, 0.2) is 36.4 Å². The van der Waals surface area contributed by atoms with Gasteiger partial charge in [-0.1, -0.05) is 36.4 Å². The molecule has 1 rings (SSSR count). The zero-order chi connectivity index (χ0) is 9.66. The normalized spacial score (nSPS) is 6.17. The van der Waals surface area contributed by atoms with Gasteiger partial charge in [-0.2, -0.15) is 5.26 Å². The van der Waals surface area contributed by atoms with E-state index in [4.69, 9.17) is 5.26 Å². The maximum Gasteiger partial charge on any atom is 0.0587 e. The second-order valence-electron chi connectivity index (χ2n) is 1.88. The summed E-state index contributed by atoms with van der Waals surface area (Å²) in [6.07, 6.45) is 0. The van der Waals surface area contributed by atoms with Crippen LogP contribution in [-0.2, 0) is 0 Å². The second-order valence-corrected chi connectivity index (χ2v) is 1.88. The molecule has 1 aromatic carbocycles. The van der Waals surface area contributed by atoms with Crippen molar-refractivity contribution in [3.63, 3.8) is 0 Å². The van der Waals surface area contributed by atoms with Gasteiger partial charge in [0.1, 0.15) is 0 Å². The van der Waals surface area contributed by atoms with Crippen molar-refractivity contribution in [2.45, 2.75) is 6.92 Å². The molecule has 0 saturated heterocycles. The highest BCUT2D eigenvalue weighted by atomic mass is 14.7. The zero-order valence-corrected chi connectivity index (χ0v) is 7.91. The molecule has 0 aliphatic rings. The molecule has 0 saturated carbocycles. The van der Waals surface area contributed by atoms with Gasteiger partial charge in [0.05, 0.1) is 6.07 Å². The molecule has 0 aromatic heterocycles. The van der Waals surface area contributed by atoms with Crippen LogP contribution >= 0.6 is 0 Å². The van der Waals surface area contributed by atoms with E-state index in [0.717, 1.165) is 0 Å². The molecule has 1 N–H and O–H groups in total. The molecule has 0 heterocycles. The van der Waals surface area contributed by atoms with Gasteiger partial charge in [0.2, 0.25) is 0 Å². The van der Waals surface area contributed by atoms with Crippen LogP contribution in [0, 0.1) is 11.3 Å². The van der Waals surface area contributed by atoms with Crippen LogP contribution in [0.3, 0.4) is 0 Å². The monoisotopic (exact) mass is 164 g/mol. The van der Waals surface area contributed by atoms with Gasteiger partial charge in [0.15, 0.2) is 0 Å². The molecule has 0 radical (unpaired) electrons. The average molecular weight is 164 g/mol. The van der Waals surface area contributed by atoms with E-state index in [1.807, 2.05) is 50.5 Å². The molecule has 0 atom stereocenters. The Labute approximate surface area is 74.8 Å². The van der Waals surface area contributed by atoms with E-state index in [9.17, 15) is 0 Å². The van der Waals surface area contributed by atoms with Gasteiger partial charge in [0, 0.05) is 6.92 Å². The molecule has 0 unspecified atom stereocenters. The zero-order valence-electron chi connectivity index (χ0n) is 7.91. The largest absolute Gasteiger partial charge is 0.323 e. The molecule has 0 aliphatic heterocycles. The molecule has 0 aliphatic carbocycles. The summed E-state index contributed by atoms with van der Waals surface area (Å²) in [4.78, 5) is 0. The second kappa shape index (κ2) is 16.3. The number of rotatable bonds is 0. The first-order valence-electron chi connectivity index (χ1n) is 3.72. The fourth-order valence-corrected chi connectivity index (χ4v) is 0.385. The van der Waals surface area contributed by atoms with Crippen LogP contribution in [-0.4, -0.2) is 14.1 Å². The van der Waals surface area contributed by atoms with Gasteiger partial charge in [-0.3, -0.25) is 0 Å². The molecule has 0 amide bonds. The van der Waals surface area contributed by atoms with Crippen molar-refractivity contribution in [1.29, 1.82) is 5.26 Å². The summed E-state index contributed by atoms with van der Waals surface area (Å²) in [5.41, 5.74) is 0. The van der Waals surface area contributed by atoms with Crippen LogP contribution in [0.2, 0.25) is 0 Å². The Hall–Kier alpha value is -1.33. The number of nitrogens with zero attached hydrogens (tertiary/aromatic N) is 1. The lowest BCUT2D eigenvalue weighted by Crippen LogP contribution is -1.89. The minimum absolute atomic E-state index is 1.43. The maximum atomic E-state index is 7.32. The van der Waals surface area contributed by atoms with Crippen LogP contribution in [0.1, 0.15) is 6.92 Å². The van der Waals surface area contributed by atoms with Crippen LogP contribution in [0.25, 0.3) is 0 Å². The Balaban J connectivity index is 0. The van der Waals surface area contributed by atoms with E-state index in [0.29, 0.717) is 0 Å². The van der Waals surface area contributed by atoms with Crippen molar-refractivity contribution in [1.82, 2.24) is 5.32 Å². The minimum atomic E-state index is 1.43. The summed E-state index contributed by atoms with van der Waals surface area (Å²) in [7, 11) is 3.75. The van der Waals surface area contributed by atoms with Gasteiger partial charge in [-0.05, 0) is 14.1 Å². The Morgan fingerprint density at radius 3 is 1.08 bits per heavy atom. The third-order valence-corrected chi connectivity index (χ3v) is 0.667. The molecular weight excluding hydrogens is 148 g/mol. The van der Waals surface area contributed by atoms with Crippen LogP contribution in [0.4, 0.5) is 0 Å². The summed E-state index contributed by atoms with van der Waals surface area (Å²) in [6.45, 7) is 1.43. The van der Waals surface area contributed by atoms with Crippen molar-refractivity contribution in [3.8, 4) is 6.07 Å². The fourth-order valence-electron chi connectivity index (χ4n) is 0.385. The Morgan fingerprint density at radius 1 is 0.917 bits per heavy atom. The molecule has 0 bridgehead atoms. The lowest BCUT2D eigenvalue weighted by atomic mass is 10.4. The molecule has 1 aromatic rings. The third kappa shape index (κ3) is 23.4.